The van der Waals surface area contributed by atoms with Gasteiger partial charge >= 0.3 is 6.18 Å². The Labute approximate surface area is 169 Å². The van der Waals surface area contributed by atoms with Gasteiger partial charge in [-0.1, -0.05) is 35.3 Å². The van der Waals surface area contributed by atoms with E-state index < -0.39 is 30.2 Å². The van der Waals surface area contributed by atoms with E-state index in [1.54, 1.807) is 18.2 Å². The molecule has 0 aliphatic rings. The van der Waals surface area contributed by atoms with Gasteiger partial charge in [-0.15, -0.1) is 0 Å². The molecule has 2 aromatic carbocycles. The average Bonchev–Trinajstić information content (AvgIpc) is 2.62. The summed E-state index contributed by atoms with van der Waals surface area (Å²) in [6.07, 6.45) is -4.52. The molecule has 0 saturated heterocycles. The molecular formula is C18H15Cl2F3N2O3. The Morgan fingerprint density at radius 3 is 2.32 bits per heavy atom. The highest BCUT2D eigenvalue weighted by atomic mass is 35.5. The van der Waals surface area contributed by atoms with Crippen LogP contribution < -0.4 is 10.1 Å². The minimum absolute atomic E-state index is 0.108. The van der Waals surface area contributed by atoms with E-state index in [4.69, 9.17) is 27.9 Å². The van der Waals surface area contributed by atoms with Crippen LogP contribution >= 0.6 is 23.2 Å². The lowest BCUT2D eigenvalue weighted by molar-refractivity contribution is -0.137. The average molecular weight is 435 g/mol. The first-order chi connectivity index (χ1) is 13.1. The third-order valence-electron chi connectivity index (χ3n) is 3.56. The van der Waals surface area contributed by atoms with E-state index in [1.165, 1.54) is 19.2 Å². The summed E-state index contributed by atoms with van der Waals surface area (Å²) in [5.74, 6) is -1.26. The molecule has 1 N–H and O–H groups in total. The van der Waals surface area contributed by atoms with Gasteiger partial charge in [0.05, 0.1) is 27.8 Å². The van der Waals surface area contributed by atoms with E-state index in [9.17, 15) is 22.8 Å². The van der Waals surface area contributed by atoms with E-state index >= 15 is 0 Å². The van der Waals surface area contributed by atoms with Crippen LogP contribution in [0.15, 0.2) is 42.5 Å². The van der Waals surface area contributed by atoms with Gasteiger partial charge in [0, 0.05) is 7.05 Å². The van der Waals surface area contributed by atoms with Crippen LogP contribution in [0.3, 0.4) is 0 Å². The summed E-state index contributed by atoms with van der Waals surface area (Å²) in [4.78, 5) is 25.2. The monoisotopic (exact) mass is 434 g/mol. The smallest absolute Gasteiger partial charge is 0.416 e. The normalized spacial score (nSPS) is 11.1. The van der Waals surface area contributed by atoms with E-state index in [0.29, 0.717) is 0 Å². The molecule has 28 heavy (non-hydrogen) atoms. The zero-order valence-electron chi connectivity index (χ0n) is 14.5. The number of alkyl halides is 3. The van der Waals surface area contributed by atoms with Crippen molar-refractivity contribution in [3.05, 3.63) is 58.1 Å². The fourth-order valence-corrected chi connectivity index (χ4v) is 2.61. The highest BCUT2D eigenvalue weighted by Gasteiger charge is 2.30. The maximum atomic E-state index is 12.7. The third kappa shape index (κ3) is 6.03. The molecule has 0 aromatic heterocycles. The van der Waals surface area contributed by atoms with Crippen molar-refractivity contribution in [2.75, 3.05) is 25.5 Å². The summed E-state index contributed by atoms with van der Waals surface area (Å²) < 4.78 is 43.1. The quantitative estimate of drug-likeness (QED) is 0.728. The van der Waals surface area contributed by atoms with Gasteiger partial charge in [0.25, 0.3) is 5.91 Å². The third-order valence-corrected chi connectivity index (χ3v) is 4.19. The number of hydrogen-bond acceptors (Lipinski definition) is 3. The Balaban J connectivity index is 1.90. The van der Waals surface area contributed by atoms with E-state index in [0.717, 1.165) is 17.0 Å². The summed E-state index contributed by atoms with van der Waals surface area (Å²) >= 11 is 11.9. The molecule has 10 heteroatoms. The molecule has 0 spiro atoms. The molecule has 0 heterocycles. The van der Waals surface area contributed by atoms with E-state index in [2.05, 4.69) is 5.32 Å². The molecule has 0 saturated carbocycles. The minimum atomic E-state index is -4.52. The standard InChI is InChI=1S/C18H15Cl2F3N2O3/c1-25(9-15(26)24-17-13(19)6-3-7-14(17)20)16(27)10-28-12-5-2-4-11(8-12)18(21,22)23/h2-8H,9-10H2,1H3,(H,24,26). The van der Waals surface area contributed by atoms with Crippen molar-refractivity contribution in [1.82, 2.24) is 4.90 Å². The zero-order chi connectivity index (χ0) is 20.9. The lowest BCUT2D eigenvalue weighted by Gasteiger charge is -2.18. The number of carbonyl (C=O) groups excluding carboxylic acids is 2. The first-order valence-corrected chi connectivity index (χ1v) is 8.61. The van der Waals surface area contributed by atoms with Crippen LogP contribution in [-0.2, 0) is 15.8 Å². The number of hydrogen-bond donors (Lipinski definition) is 1. The predicted octanol–water partition coefficient (Wildman–Crippen LogP) is 4.49. The van der Waals surface area contributed by atoms with Crippen LogP contribution in [0.5, 0.6) is 5.75 Å². The van der Waals surface area contributed by atoms with Crippen molar-refractivity contribution in [2.45, 2.75) is 6.18 Å². The predicted molar refractivity (Wildman–Crippen MR) is 99.7 cm³/mol. The van der Waals surface area contributed by atoms with Crippen molar-refractivity contribution in [3.63, 3.8) is 0 Å². The lowest BCUT2D eigenvalue weighted by atomic mass is 10.2. The van der Waals surface area contributed by atoms with Crippen molar-refractivity contribution in [2.24, 2.45) is 0 Å². The number of nitrogens with zero attached hydrogens (tertiary/aromatic N) is 1. The number of halogens is 5. The SMILES string of the molecule is CN(CC(=O)Nc1c(Cl)cccc1Cl)C(=O)COc1cccc(C(F)(F)F)c1. The number of anilines is 1. The second-order valence-corrected chi connectivity index (χ2v) is 6.52. The first kappa shape index (κ1) is 21.8. The Bertz CT molecular complexity index is 855. The Morgan fingerprint density at radius 1 is 1.11 bits per heavy atom. The molecule has 0 aliphatic carbocycles. The molecule has 0 atom stereocenters. The summed E-state index contributed by atoms with van der Waals surface area (Å²) in [5, 5.41) is 2.98. The molecule has 2 amide bonds. The summed E-state index contributed by atoms with van der Waals surface area (Å²) in [6.45, 7) is -0.857. The van der Waals surface area contributed by atoms with Gasteiger partial charge < -0.3 is 15.0 Å². The zero-order valence-corrected chi connectivity index (χ0v) is 16.0. The maximum Gasteiger partial charge on any atom is 0.416 e. The van der Waals surface area contributed by atoms with Gasteiger partial charge in [-0.3, -0.25) is 9.59 Å². The molecule has 2 aromatic rings. The van der Waals surface area contributed by atoms with Gasteiger partial charge in [0.1, 0.15) is 5.75 Å². The van der Waals surface area contributed by atoms with Gasteiger partial charge in [0.2, 0.25) is 5.91 Å². The van der Waals surface area contributed by atoms with Crippen LogP contribution in [0.4, 0.5) is 18.9 Å². The van der Waals surface area contributed by atoms with Crippen molar-refractivity contribution in [3.8, 4) is 5.75 Å². The fourth-order valence-electron chi connectivity index (χ4n) is 2.12. The number of amides is 2. The van der Waals surface area contributed by atoms with Crippen molar-refractivity contribution in [1.29, 1.82) is 0 Å². The molecule has 5 nitrogen and oxygen atoms in total. The highest BCUT2D eigenvalue weighted by molar-refractivity contribution is 6.39. The summed E-state index contributed by atoms with van der Waals surface area (Å²) in [5.41, 5.74) is -0.668. The highest BCUT2D eigenvalue weighted by Crippen LogP contribution is 2.31. The number of nitrogens with one attached hydrogen (secondary N) is 1. The van der Waals surface area contributed by atoms with Crippen molar-refractivity contribution < 1.29 is 27.5 Å². The second-order valence-electron chi connectivity index (χ2n) is 5.71. The van der Waals surface area contributed by atoms with Gasteiger partial charge in [-0.2, -0.15) is 13.2 Å². The second kappa shape index (κ2) is 9.16. The van der Waals surface area contributed by atoms with Crippen LogP contribution in [0.25, 0.3) is 0 Å². The Kier molecular flexibility index (Phi) is 7.15. The molecule has 150 valence electrons. The molecule has 2 rings (SSSR count). The molecule has 0 unspecified atom stereocenters. The fraction of sp³-hybridized carbons (Fsp3) is 0.222. The van der Waals surface area contributed by atoms with Crippen LogP contribution in [0.2, 0.25) is 10.0 Å². The van der Waals surface area contributed by atoms with Crippen LogP contribution in [0, 0.1) is 0 Å². The maximum absolute atomic E-state index is 12.7. The van der Waals surface area contributed by atoms with Crippen molar-refractivity contribution >= 4 is 40.7 Å². The largest absolute Gasteiger partial charge is 0.484 e. The van der Waals surface area contributed by atoms with Gasteiger partial charge in [-0.25, -0.2) is 0 Å². The molecule has 0 fully saturated rings. The topological polar surface area (TPSA) is 58.6 Å². The Hall–Kier alpha value is -2.45. The number of carbonyl (C=O) groups is 2. The number of benzene rings is 2. The first-order valence-electron chi connectivity index (χ1n) is 7.86. The van der Waals surface area contributed by atoms with Crippen LogP contribution in [0.1, 0.15) is 5.56 Å². The Morgan fingerprint density at radius 2 is 1.71 bits per heavy atom. The van der Waals surface area contributed by atoms with E-state index in [-0.39, 0.29) is 28.0 Å². The summed E-state index contributed by atoms with van der Waals surface area (Å²) in [6, 6.07) is 8.86. The van der Waals surface area contributed by atoms with Crippen LogP contribution in [-0.4, -0.2) is 36.9 Å². The molecule has 0 bridgehead atoms. The molecule has 0 aliphatic heterocycles. The number of para-hydroxylation sites is 1. The van der Waals surface area contributed by atoms with Gasteiger partial charge in [-0.05, 0) is 30.3 Å². The summed E-state index contributed by atoms with van der Waals surface area (Å²) in [7, 11) is 1.35. The lowest BCUT2D eigenvalue weighted by Crippen LogP contribution is -2.37. The van der Waals surface area contributed by atoms with Gasteiger partial charge in [0.15, 0.2) is 6.61 Å². The van der Waals surface area contributed by atoms with E-state index in [1.807, 2.05) is 0 Å². The number of rotatable bonds is 6. The molecular weight excluding hydrogens is 420 g/mol. The molecule has 0 radical (unpaired) electrons. The minimum Gasteiger partial charge on any atom is -0.484 e. The number of likely N-dealkylation sites (N-methyl/N-ethyl adjacent to an activating group) is 1. The number of ether oxygens (including phenoxy) is 1.